The van der Waals surface area contributed by atoms with E-state index >= 15 is 0 Å². The number of hydrogen-bond acceptors (Lipinski definition) is 5. The summed E-state index contributed by atoms with van der Waals surface area (Å²) in [4.78, 5) is 20.9. The maximum absolute atomic E-state index is 13.9. The van der Waals surface area contributed by atoms with Crippen LogP contribution in [0.25, 0.3) is 11.1 Å². The van der Waals surface area contributed by atoms with Crippen LogP contribution in [0.1, 0.15) is 37.0 Å². The predicted molar refractivity (Wildman–Crippen MR) is 146 cm³/mol. The Hall–Kier alpha value is -3.42. The van der Waals surface area contributed by atoms with Gasteiger partial charge in [0.2, 0.25) is 5.91 Å². The van der Waals surface area contributed by atoms with Gasteiger partial charge in [-0.05, 0) is 68.3 Å². The zero-order valence-electron chi connectivity index (χ0n) is 23.1. The molecule has 43 heavy (non-hydrogen) atoms. The van der Waals surface area contributed by atoms with Gasteiger partial charge in [0.25, 0.3) is 0 Å². The minimum absolute atomic E-state index is 0.0139. The van der Waals surface area contributed by atoms with Gasteiger partial charge in [0.15, 0.2) is 0 Å². The van der Waals surface area contributed by atoms with E-state index in [0.717, 1.165) is 17.0 Å². The van der Waals surface area contributed by atoms with Gasteiger partial charge in [0.05, 0.1) is 52.2 Å². The quantitative estimate of drug-likeness (QED) is 0.305. The lowest BCUT2D eigenvalue weighted by molar-refractivity contribution is -0.143. The summed E-state index contributed by atoms with van der Waals surface area (Å²) in [6, 6.07) is 5.51. The third-order valence-corrected chi connectivity index (χ3v) is 7.81. The number of β-amino-alcohol motifs (C(OH)–C–C–N with tert-alkyl or cyclic N) is 1. The number of halogens is 8. The van der Waals surface area contributed by atoms with E-state index in [0.29, 0.717) is 12.1 Å². The Labute approximate surface area is 247 Å². The monoisotopic (exact) mass is 633 g/mol. The van der Waals surface area contributed by atoms with Gasteiger partial charge in [-0.2, -0.15) is 26.3 Å². The molecule has 2 atom stereocenters. The van der Waals surface area contributed by atoms with Gasteiger partial charge in [-0.1, -0.05) is 11.6 Å². The molecule has 0 radical (unpaired) electrons. The van der Waals surface area contributed by atoms with Crippen LogP contribution in [0, 0.1) is 5.82 Å². The Morgan fingerprint density at radius 2 is 1.58 bits per heavy atom. The van der Waals surface area contributed by atoms with Crippen molar-refractivity contribution >= 4 is 29.0 Å². The molecule has 2 aromatic carbocycles. The fourth-order valence-corrected chi connectivity index (χ4v) is 5.37. The molecule has 1 aliphatic heterocycles. The van der Waals surface area contributed by atoms with Crippen LogP contribution < -0.4 is 9.80 Å². The first-order valence-corrected chi connectivity index (χ1v) is 13.3. The molecule has 6 nitrogen and oxygen atoms in total. The fourth-order valence-electron chi connectivity index (χ4n) is 5.10. The first kappa shape index (κ1) is 32.5. The summed E-state index contributed by atoms with van der Waals surface area (Å²) < 4.78 is 95.2. The lowest BCUT2D eigenvalue weighted by Gasteiger charge is -2.32. The highest BCUT2D eigenvalue weighted by Crippen LogP contribution is 2.42. The molecule has 2 heterocycles. The maximum Gasteiger partial charge on any atom is 0.416 e. The molecule has 0 saturated carbocycles. The average Bonchev–Trinajstić information content (AvgIpc) is 3.31. The summed E-state index contributed by atoms with van der Waals surface area (Å²) in [5, 5.41) is 19.9. The summed E-state index contributed by atoms with van der Waals surface area (Å²) in [6.45, 7) is 2.24. The largest absolute Gasteiger partial charge is 0.416 e. The molecule has 1 aliphatic rings. The SMILES string of the molecule is CN(C(=O)C(C)(C)c1cc(C(F)(F)F)cc(C(F)(F)F)c1)c1cnc(N2C[C@@H](O)C[C@H]2CO)cc1-c1ccc(F)cc1Cl. The van der Waals surface area contributed by atoms with Crippen LogP contribution in [-0.4, -0.2) is 53.4 Å². The van der Waals surface area contributed by atoms with Gasteiger partial charge in [-0.25, -0.2) is 9.37 Å². The number of carbonyl (C=O) groups excluding carboxylic acids is 1. The van der Waals surface area contributed by atoms with Crippen molar-refractivity contribution in [1.29, 1.82) is 0 Å². The molecule has 1 fully saturated rings. The number of likely N-dealkylation sites (N-methyl/N-ethyl adjacent to an activating group) is 1. The first-order chi connectivity index (χ1) is 19.8. The molecule has 0 bridgehead atoms. The molecule has 0 spiro atoms. The number of benzene rings is 2. The molecular formula is C29H27ClF7N3O3. The molecule has 3 aromatic rings. The molecule has 1 aromatic heterocycles. The smallest absolute Gasteiger partial charge is 0.394 e. The number of rotatable bonds is 6. The molecule has 0 unspecified atom stereocenters. The van der Waals surface area contributed by atoms with Crippen molar-refractivity contribution in [1.82, 2.24) is 4.98 Å². The summed E-state index contributed by atoms with van der Waals surface area (Å²) in [5.41, 5.74) is -4.99. The van der Waals surface area contributed by atoms with Crippen molar-refractivity contribution in [3.8, 4) is 11.1 Å². The Balaban J connectivity index is 1.84. The third-order valence-electron chi connectivity index (χ3n) is 7.50. The highest BCUT2D eigenvalue weighted by Gasteiger charge is 2.41. The number of nitrogens with zero attached hydrogens (tertiary/aromatic N) is 3. The van der Waals surface area contributed by atoms with Crippen molar-refractivity contribution in [3.05, 3.63) is 76.2 Å². The highest BCUT2D eigenvalue weighted by molar-refractivity contribution is 6.33. The number of aromatic nitrogens is 1. The van der Waals surface area contributed by atoms with Crippen LogP contribution in [-0.2, 0) is 22.6 Å². The highest BCUT2D eigenvalue weighted by atomic mass is 35.5. The van der Waals surface area contributed by atoms with Crippen molar-refractivity contribution in [2.75, 3.05) is 30.0 Å². The Kier molecular flexibility index (Phi) is 8.75. The van der Waals surface area contributed by atoms with Crippen LogP contribution in [0.15, 0.2) is 48.7 Å². The molecule has 1 amide bonds. The second-order valence-corrected chi connectivity index (χ2v) is 11.3. The van der Waals surface area contributed by atoms with Gasteiger partial charge in [0, 0.05) is 24.7 Å². The third kappa shape index (κ3) is 6.58. The number of carbonyl (C=O) groups is 1. The van der Waals surface area contributed by atoms with Crippen LogP contribution in [0.5, 0.6) is 0 Å². The number of amides is 1. The van der Waals surface area contributed by atoms with Crippen molar-refractivity contribution in [2.45, 2.75) is 50.2 Å². The summed E-state index contributed by atoms with van der Waals surface area (Å²) in [7, 11) is 1.27. The van der Waals surface area contributed by atoms with Gasteiger partial charge < -0.3 is 20.0 Å². The van der Waals surface area contributed by atoms with Crippen LogP contribution >= 0.6 is 11.6 Å². The molecular weight excluding hydrogens is 607 g/mol. The standard InChI is InChI=1S/C29H27ClF7N3O3/c1-27(2,15-6-16(28(32,33)34)8-17(7-15)29(35,36)37)26(43)39(3)24-12-38-25(40-13-20(42)10-19(40)14-41)11-22(24)21-5-4-18(31)9-23(21)30/h4-9,11-12,19-20,41-42H,10,13-14H2,1-3H3/t19-,20-/m0/s1. The minimum atomic E-state index is -5.11. The van der Waals surface area contributed by atoms with E-state index in [4.69, 9.17) is 11.6 Å². The predicted octanol–water partition coefficient (Wildman–Crippen LogP) is 6.45. The van der Waals surface area contributed by atoms with E-state index in [1.165, 1.54) is 39.2 Å². The molecule has 2 N–H and O–H groups in total. The number of anilines is 2. The molecule has 14 heteroatoms. The number of hydrogen-bond donors (Lipinski definition) is 2. The topological polar surface area (TPSA) is 76.9 Å². The average molecular weight is 634 g/mol. The number of alkyl halides is 6. The summed E-state index contributed by atoms with van der Waals surface area (Å²) in [5.74, 6) is -1.25. The summed E-state index contributed by atoms with van der Waals surface area (Å²) >= 11 is 6.35. The van der Waals surface area contributed by atoms with Crippen molar-refractivity contribution in [2.24, 2.45) is 0 Å². The first-order valence-electron chi connectivity index (χ1n) is 12.9. The number of aliphatic hydroxyl groups is 2. The lowest BCUT2D eigenvalue weighted by Crippen LogP contribution is -2.42. The van der Waals surface area contributed by atoms with Gasteiger partial charge in [0.1, 0.15) is 11.6 Å². The minimum Gasteiger partial charge on any atom is -0.394 e. The van der Waals surface area contributed by atoms with Crippen LogP contribution in [0.4, 0.5) is 42.2 Å². The van der Waals surface area contributed by atoms with Crippen molar-refractivity contribution < 1.29 is 45.7 Å². The van der Waals surface area contributed by atoms with E-state index in [9.17, 15) is 45.7 Å². The summed E-state index contributed by atoms with van der Waals surface area (Å²) in [6.07, 6.45) is -9.46. The molecule has 4 rings (SSSR count). The van der Waals surface area contributed by atoms with Crippen LogP contribution in [0.3, 0.4) is 0 Å². The molecule has 1 saturated heterocycles. The molecule has 232 valence electrons. The van der Waals surface area contributed by atoms with E-state index in [-0.39, 0.29) is 53.3 Å². The maximum atomic E-state index is 13.9. The van der Waals surface area contributed by atoms with E-state index in [2.05, 4.69) is 4.98 Å². The Morgan fingerprint density at radius 3 is 2.12 bits per heavy atom. The second kappa shape index (κ2) is 11.6. The normalized spacial score (nSPS) is 17.8. The molecule has 0 aliphatic carbocycles. The van der Waals surface area contributed by atoms with Crippen LogP contribution in [0.2, 0.25) is 5.02 Å². The Morgan fingerprint density at radius 1 is 1.00 bits per heavy atom. The van der Waals surface area contributed by atoms with E-state index < -0.39 is 58.3 Å². The fraction of sp³-hybridized carbons (Fsp3) is 0.379. The second-order valence-electron chi connectivity index (χ2n) is 10.8. The zero-order chi connectivity index (χ0) is 32.1. The number of pyridine rings is 1. The van der Waals surface area contributed by atoms with Gasteiger partial charge >= 0.3 is 12.4 Å². The van der Waals surface area contributed by atoms with Gasteiger partial charge in [-0.15, -0.1) is 0 Å². The number of aliphatic hydroxyl groups excluding tert-OH is 2. The van der Waals surface area contributed by atoms with Gasteiger partial charge in [-0.3, -0.25) is 4.79 Å². The van der Waals surface area contributed by atoms with E-state index in [1.54, 1.807) is 4.90 Å². The zero-order valence-corrected chi connectivity index (χ0v) is 23.8. The Bertz CT molecular complexity index is 1500. The van der Waals surface area contributed by atoms with E-state index in [1.807, 2.05) is 0 Å². The lowest BCUT2D eigenvalue weighted by atomic mass is 9.81. The van der Waals surface area contributed by atoms with Crippen molar-refractivity contribution in [3.63, 3.8) is 0 Å².